The van der Waals surface area contributed by atoms with Gasteiger partial charge in [0.05, 0.1) is 0 Å². The smallest absolute Gasteiger partial charge is 0.220 e. The number of hydrogen-bond donors (Lipinski definition) is 3. The zero-order valence-electron chi connectivity index (χ0n) is 11.5. The van der Waals surface area contributed by atoms with Crippen LogP contribution in [0.25, 0.3) is 0 Å². The fraction of sp³-hybridized carbons (Fsp3) is 0.750. The van der Waals surface area contributed by atoms with E-state index in [1.807, 2.05) is 13.8 Å². The van der Waals surface area contributed by atoms with Crippen LogP contribution in [0.2, 0.25) is 0 Å². The van der Waals surface area contributed by atoms with Crippen LogP contribution in [0.1, 0.15) is 33.1 Å². The molecule has 0 saturated heterocycles. The lowest BCUT2D eigenvalue weighted by Gasteiger charge is -2.16. The van der Waals surface area contributed by atoms with Gasteiger partial charge in [-0.1, -0.05) is 0 Å². The van der Waals surface area contributed by atoms with Gasteiger partial charge in [-0.15, -0.1) is 0 Å². The molecule has 6 heteroatoms. The minimum absolute atomic E-state index is 0.0538. The highest BCUT2D eigenvalue weighted by atomic mass is 16.2. The summed E-state index contributed by atoms with van der Waals surface area (Å²) >= 11 is 0. The molecule has 0 fully saturated rings. The predicted octanol–water partition coefficient (Wildman–Crippen LogP) is -0.210. The zero-order chi connectivity index (χ0) is 14.1. The van der Waals surface area contributed by atoms with Crippen LogP contribution in [0.3, 0.4) is 0 Å². The highest BCUT2D eigenvalue weighted by Gasteiger charge is 2.20. The molecule has 0 aromatic rings. The molecule has 6 nitrogen and oxygen atoms in total. The molecule has 104 valence electrons. The van der Waals surface area contributed by atoms with Crippen LogP contribution in [0.4, 0.5) is 0 Å². The Morgan fingerprint density at radius 3 is 1.56 bits per heavy atom. The highest BCUT2D eigenvalue weighted by Crippen LogP contribution is 2.13. The van der Waals surface area contributed by atoms with Gasteiger partial charge in [0.25, 0.3) is 0 Å². The minimum Gasteiger partial charge on any atom is -0.359 e. The third kappa shape index (κ3) is 7.65. The summed E-state index contributed by atoms with van der Waals surface area (Å²) in [6.07, 6.45) is 0.532. The van der Waals surface area contributed by atoms with Crippen LogP contribution >= 0.6 is 0 Å². The minimum atomic E-state index is -0.274. The Morgan fingerprint density at radius 2 is 1.22 bits per heavy atom. The summed E-state index contributed by atoms with van der Waals surface area (Å²) in [7, 11) is 3.07. The molecule has 18 heavy (non-hydrogen) atoms. The SMILES string of the molecule is CNC(=O)CC(CC(=O)NC)CC(=O)NC(C)C. The van der Waals surface area contributed by atoms with Crippen LogP contribution in [0, 0.1) is 5.92 Å². The summed E-state index contributed by atoms with van der Waals surface area (Å²) in [5.74, 6) is -0.742. The van der Waals surface area contributed by atoms with E-state index in [0.29, 0.717) is 0 Å². The fourth-order valence-corrected chi connectivity index (χ4v) is 1.59. The van der Waals surface area contributed by atoms with Crippen molar-refractivity contribution in [3.05, 3.63) is 0 Å². The van der Waals surface area contributed by atoms with Gasteiger partial charge < -0.3 is 16.0 Å². The van der Waals surface area contributed by atoms with Crippen molar-refractivity contribution in [1.29, 1.82) is 0 Å². The third-order valence-electron chi connectivity index (χ3n) is 2.43. The summed E-state index contributed by atoms with van der Waals surface area (Å²) in [6, 6.07) is 0.0538. The van der Waals surface area contributed by atoms with Gasteiger partial charge in [-0.2, -0.15) is 0 Å². The van der Waals surface area contributed by atoms with Crippen molar-refractivity contribution in [3.63, 3.8) is 0 Å². The van der Waals surface area contributed by atoms with Crippen molar-refractivity contribution >= 4 is 17.7 Å². The van der Waals surface area contributed by atoms with Crippen molar-refractivity contribution in [2.75, 3.05) is 14.1 Å². The second-order valence-corrected chi connectivity index (χ2v) is 4.55. The van der Waals surface area contributed by atoms with Crippen molar-refractivity contribution < 1.29 is 14.4 Å². The van der Waals surface area contributed by atoms with Crippen LogP contribution in [-0.2, 0) is 14.4 Å². The summed E-state index contributed by atoms with van der Waals surface area (Å²) in [4.78, 5) is 34.3. The summed E-state index contributed by atoms with van der Waals surface area (Å²) in [5.41, 5.74) is 0. The van der Waals surface area contributed by atoms with E-state index in [-0.39, 0.29) is 48.9 Å². The molecule has 0 aliphatic carbocycles. The van der Waals surface area contributed by atoms with Gasteiger partial charge in [0.1, 0.15) is 0 Å². The molecular weight excluding hydrogens is 234 g/mol. The number of carbonyl (C=O) groups excluding carboxylic acids is 3. The van der Waals surface area contributed by atoms with Gasteiger partial charge >= 0.3 is 0 Å². The first-order chi connectivity index (χ1) is 8.38. The second-order valence-electron chi connectivity index (χ2n) is 4.55. The Balaban J connectivity index is 4.41. The average Bonchev–Trinajstić information content (AvgIpc) is 2.27. The topological polar surface area (TPSA) is 87.3 Å². The van der Waals surface area contributed by atoms with Gasteiger partial charge in [0.15, 0.2) is 0 Å². The molecule has 0 atom stereocenters. The second kappa shape index (κ2) is 8.49. The first-order valence-electron chi connectivity index (χ1n) is 6.09. The molecule has 0 rings (SSSR count). The van der Waals surface area contributed by atoms with E-state index >= 15 is 0 Å². The molecule has 0 aliphatic rings. The van der Waals surface area contributed by atoms with Crippen LogP contribution < -0.4 is 16.0 Å². The molecule has 0 aliphatic heterocycles. The molecule has 0 saturated carbocycles. The molecule has 0 aromatic carbocycles. The number of hydrogen-bond acceptors (Lipinski definition) is 3. The molecule has 3 amide bonds. The fourth-order valence-electron chi connectivity index (χ4n) is 1.59. The quantitative estimate of drug-likeness (QED) is 0.590. The first-order valence-corrected chi connectivity index (χ1v) is 6.09. The summed E-state index contributed by atoms with van der Waals surface area (Å²) in [6.45, 7) is 3.73. The Bertz CT molecular complexity index is 285. The average molecular weight is 257 g/mol. The monoisotopic (exact) mass is 257 g/mol. The van der Waals surface area contributed by atoms with E-state index in [9.17, 15) is 14.4 Å². The van der Waals surface area contributed by atoms with Gasteiger partial charge in [0.2, 0.25) is 17.7 Å². The van der Waals surface area contributed by atoms with Gasteiger partial charge in [-0.3, -0.25) is 14.4 Å². The number of carbonyl (C=O) groups is 3. The van der Waals surface area contributed by atoms with Gasteiger partial charge in [0, 0.05) is 39.4 Å². The Hall–Kier alpha value is -1.59. The van der Waals surface area contributed by atoms with Gasteiger partial charge in [-0.05, 0) is 19.8 Å². The van der Waals surface area contributed by atoms with E-state index in [2.05, 4.69) is 16.0 Å². The molecule has 0 spiro atoms. The van der Waals surface area contributed by atoms with Crippen molar-refractivity contribution in [2.45, 2.75) is 39.2 Å². The normalized spacial score (nSPS) is 10.3. The van der Waals surface area contributed by atoms with Crippen molar-refractivity contribution in [1.82, 2.24) is 16.0 Å². The molecule has 0 heterocycles. The largest absolute Gasteiger partial charge is 0.359 e. The van der Waals surface area contributed by atoms with Gasteiger partial charge in [-0.25, -0.2) is 0 Å². The molecule has 0 bridgehead atoms. The number of amides is 3. The van der Waals surface area contributed by atoms with E-state index in [1.54, 1.807) is 0 Å². The van der Waals surface area contributed by atoms with Crippen LogP contribution in [0.5, 0.6) is 0 Å². The lowest BCUT2D eigenvalue weighted by Crippen LogP contribution is -2.34. The standard InChI is InChI=1S/C12H23N3O3/c1-8(2)15-12(18)7-9(5-10(16)13-3)6-11(17)14-4/h8-9H,5-7H2,1-4H3,(H,13,16)(H,14,17)(H,15,18). The maximum atomic E-state index is 11.6. The Morgan fingerprint density at radius 1 is 0.833 bits per heavy atom. The van der Waals surface area contributed by atoms with Crippen LogP contribution in [0.15, 0.2) is 0 Å². The third-order valence-corrected chi connectivity index (χ3v) is 2.43. The van der Waals surface area contributed by atoms with Crippen LogP contribution in [-0.4, -0.2) is 37.9 Å². The maximum absolute atomic E-state index is 11.6. The lowest BCUT2D eigenvalue weighted by atomic mass is 9.96. The maximum Gasteiger partial charge on any atom is 0.220 e. The predicted molar refractivity (Wildman–Crippen MR) is 68.8 cm³/mol. The molecule has 0 aromatic heterocycles. The Labute approximate surface area is 108 Å². The van der Waals surface area contributed by atoms with E-state index < -0.39 is 0 Å². The van der Waals surface area contributed by atoms with E-state index in [4.69, 9.17) is 0 Å². The summed E-state index contributed by atoms with van der Waals surface area (Å²) < 4.78 is 0. The van der Waals surface area contributed by atoms with E-state index in [0.717, 1.165) is 0 Å². The molecular formula is C12H23N3O3. The highest BCUT2D eigenvalue weighted by molar-refractivity contribution is 5.82. The first kappa shape index (κ1) is 16.4. The molecule has 3 N–H and O–H groups in total. The van der Waals surface area contributed by atoms with E-state index in [1.165, 1.54) is 14.1 Å². The molecule has 0 unspecified atom stereocenters. The molecule has 0 radical (unpaired) electrons. The summed E-state index contributed by atoms with van der Waals surface area (Å²) in [5, 5.41) is 7.75. The van der Waals surface area contributed by atoms with Crippen molar-refractivity contribution in [3.8, 4) is 0 Å². The van der Waals surface area contributed by atoms with Crippen molar-refractivity contribution in [2.24, 2.45) is 5.92 Å². The Kier molecular flexibility index (Phi) is 7.74. The number of rotatable bonds is 7. The lowest BCUT2D eigenvalue weighted by molar-refractivity contribution is -0.125. The zero-order valence-corrected chi connectivity index (χ0v) is 11.5. The number of nitrogens with one attached hydrogen (secondary N) is 3.